The first-order chi connectivity index (χ1) is 7.92. The third-order valence-electron chi connectivity index (χ3n) is 2.20. The minimum atomic E-state index is 0.498. The second-order valence-electron chi connectivity index (χ2n) is 3.78. The van der Waals surface area contributed by atoms with Crippen molar-refractivity contribution >= 4 is 0 Å². The zero-order valence-electron chi connectivity index (χ0n) is 11.0. The molecule has 2 heteroatoms. The lowest BCUT2D eigenvalue weighted by Crippen LogP contribution is -2.03. The molecule has 0 aromatic heterocycles. The van der Waals surface area contributed by atoms with Crippen LogP contribution in [0.2, 0.25) is 0 Å². The fourth-order valence-corrected chi connectivity index (χ4v) is 1.29. The van der Waals surface area contributed by atoms with Crippen molar-refractivity contribution in [3.8, 4) is 0 Å². The molecule has 0 rings (SSSR count). The van der Waals surface area contributed by atoms with Gasteiger partial charge < -0.3 is 11.5 Å². The van der Waals surface area contributed by atoms with Gasteiger partial charge in [0.2, 0.25) is 0 Å². The minimum absolute atomic E-state index is 0.498. The summed E-state index contributed by atoms with van der Waals surface area (Å²) in [6, 6.07) is 0. The van der Waals surface area contributed by atoms with Gasteiger partial charge in [-0.15, -0.1) is 0 Å². The molecule has 0 atom stereocenters. The van der Waals surface area contributed by atoms with Crippen LogP contribution in [0.5, 0.6) is 0 Å². The summed E-state index contributed by atoms with van der Waals surface area (Å²) in [6.07, 6.45) is 9.54. The minimum Gasteiger partial charge on any atom is -0.399 e. The van der Waals surface area contributed by atoms with E-state index in [9.17, 15) is 0 Å². The second kappa shape index (κ2) is 7.34. The monoisotopic (exact) mass is 230 g/mol. The predicted molar refractivity (Wildman–Crippen MR) is 77.1 cm³/mol. The Kier molecular flexibility index (Phi) is 6.49. The number of rotatable bonds is 5. The molecule has 0 saturated heterocycles. The summed E-state index contributed by atoms with van der Waals surface area (Å²) in [7, 11) is 0. The van der Waals surface area contributed by atoms with Crippen LogP contribution in [0.25, 0.3) is 0 Å². The van der Waals surface area contributed by atoms with Crippen LogP contribution in [0.4, 0.5) is 0 Å². The molecule has 4 N–H and O–H groups in total. The predicted octanol–water partition coefficient (Wildman–Crippen LogP) is 3.33. The van der Waals surface area contributed by atoms with Crippen LogP contribution in [0.3, 0.4) is 0 Å². The number of nitrogens with two attached hydrogens (primary N) is 2. The Morgan fingerprint density at radius 2 is 1.65 bits per heavy atom. The molecule has 0 aliphatic heterocycles. The summed E-state index contributed by atoms with van der Waals surface area (Å²) in [4.78, 5) is 0. The van der Waals surface area contributed by atoms with Gasteiger partial charge in [-0.05, 0) is 38.0 Å². The van der Waals surface area contributed by atoms with Crippen molar-refractivity contribution in [1.82, 2.24) is 0 Å². The van der Waals surface area contributed by atoms with Crippen molar-refractivity contribution in [2.24, 2.45) is 11.5 Å². The zero-order chi connectivity index (χ0) is 13.4. The Morgan fingerprint density at radius 1 is 1.06 bits per heavy atom. The van der Waals surface area contributed by atoms with E-state index in [2.05, 4.69) is 13.2 Å². The molecular formula is C15H22N2. The molecule has 2 nitrogen and oxygen atoms in total. The summed E-state index contributed by atoms with van der Waals surface area (Å²) >= 11 is 0. The van der Waals surface area contributed by atoms with Gasteiger partial charge in [-0.1, -0.05) is 43.0 Å². The Bertz CT molecular complexity index is 418. The molecule has 0 bridgehead atoms. The highest BCUT2D eigenvalue weighted by Crippen LogP contribution is 2.12. The normalized spacial score (nSPS) is 14.2. The highest BCUT2D eigenvalue weighted by Gasteiger charge is 1.98. The first-order valence-electron chi connectivity index (χ1n) is 5.50. The Labute approximate surface area is 104 Å². The quantitative estimate of drug-likeness (QED) is 0.712. The lowest BCUT2D eigenvalue weighted by molar-refractivity contribution is 1.29. The van der Waals surface area contributed by atoms with Crippen LogP contribution in [0, 0.1) is 0 Å². The molecule has 0 radical (unpaired) electrons. The van der Waals surface area contributed by atoms with Gasteiger partial charge in [0.15, 0.2) is 0 Å². The van der Waals surface area contributed by atoms with Crippen LogP contribution in [0.1, 0.15) is 20.8 Å². The third kappa shape index (κ3) is 5.61. The lowest BCUT2D eigenvalue weighted by atomic mass is 10.1. The van der Waals surface area contributed by atoms with E-state index in [1.54, 1.807) is 6.08 Å². The molecule has 0 aliphatic rings. The van der Waals surface area contributed by atoms with Crippen molar-refractivity contribution in [3.63, 3.8) is 0 Å². The molecule has 0 spiro atoms. The SMILES string of the molecule is C=C(/C=C(C)\C=C/C)/C(N)=C/C(=C\C)C(=C)N. The van der Waals surface area contributed by atoms with Crippen molar-refractivity contribution in [1.29, 1.82) is 0 Å². The molecule has 0 amide bonds. The van der Waals surface area contributed by atoms with E-state index in [4.69, 9.17) is 11.5 Å². The standard InChI is InChI=1S/C15H22N2/c1-6-8-11(3)9-12(4)15(17)10-14(7-2)13(5)16/h6-10H,4-5,16-17H2,1-3H3/b8-6-,11-9-,14-7+,15-10-. The van der Waals surface area contributed by atoms with Crippen molar-refractivity contribution < 1.29 is 0 Å². The van der Waals surface area contributed by atoms with Crippen LogP contribution < -0.4 is 11.5 Å². The maximum Gasteiger partial charge on any atom is 0.0388 e. The maximum absolute atomic E-state index is 5.93. The third-order valence-corrected chi connectivity index (χ3v) is 2.20. The van der Waals surface area contributed by atoms with E-state index in [0.717, 1.165) is 16.7 Å². The van der Waals surface area contributed by atoms with Crippen LogP contribution in [-0.4, -0.2) is 0 Å². The summed E-state index contributed by atoms with van der Waals surface area (Å²) in [6.45, 7) is 13.5. The van der Waals surface area contributed by atoms with E-state index in [0.29, 0.717) is 11.4 Å². The highest BCUT2D eigenvalue weighted by molar-refractivity contribution is 5.46. The molecule has 0 aromatic carbocycles. The van der Waals surface area contributed by atoms with E-state index in [-0.39, 0.29) is 0 Å². The molecular weight excluding hydrogens is 208 g/mol. The maximum atomic E-state index is 5.93. The van der Waals surface area contributed by atoms with Gasteiger partial charge in [0.25, 0.3) is 0 Å². The second-order valence-corrected chi connectivity index (χ2v) is 3.78. The molecule has 17 heavy (non-hydrogen) atoms. The number of hydrogen-bond acceptors (Lipinski definition) is 2. The Hall–Kier alpha value is -1.96. The largest absolute Gasteiger partial charge is 0.399 e. The smallest absolute Gasteiger partial charge is 0.0388 e. The Morgan fingerprint density at radius 3 is 2.06 bits per heavy atom. The van der Waals surface area contributed by atoms with Crippen molar-refractivity contribution in [2.45, 2.75) is 20.8 Å². The first-order valence-corrected chi connectivity index (χ1v) is 5.50. The molecule has 92 valence electrons. The molecule has 0 aromatic rings. The van der Waals surface area contributed by atoms with Crippen molar-refractivity contribution in [2.75, 3.05) is 0 Å². The van der Waals surface area contributed by atoms with Crippen LogP contribution in [-0.2, 0) is 0 Å². The van der Waals surface area contributed by atoms with Gasteiger partial charge in [0, 0.05) is 11.4 Å². The first kappa shape index (κ1) is 15.0. The Balaban J connectivity index is 5.01. The zero-order valence-corrected chi connectivity index (χ0v) is 11.0. The summed E-state index contributed by atoms with van der Waals surface area (Å²) in [5, 5.41) is 0. The van der Waals surface area contributed by atoms with Crippen LogP contribution in [0.15, 0.2) is 71.7 Å². The lowest BCUT2D eigenvalue weighted by Gasteiger charge is -2.05. The number of hydrogen-bond donors (Lipinski definition) is 2. The molecule has 0 aliphatic carbocycles. The van der Waals surface area contributed by atoms with Gasteiger partial charge in [0.1, 0.15) is 0 Å². The molecule has 0 saturated carbocycles. The van der Waals surface area contributed by atoms with Gasteiger partial charge in [0.05, 0.1) is 0 Å². The molecule has 0 unspecified atom stereocenters. The van der Waals surface area contributed by atoms with Gasteiger partial charge in [-0.2, -0.15) is 0 Å². The number of allylic oxidation sites excluding steroid dienone is 6. The molecule has 0 heterocycles. The molecule has 0 fully saturated rings. The van der Waals surface area contributed by atoms with Gasteiger partial charge in [-0.3, -0.25) is 0 Å². The summed E-state index contributed by atoms with van der Waals surface area (Å²) < 4.78 is 0. The topological polar surface area (TPSA) is 52.0 Å². The van der Waals surface area contributed by atoms with Crippen LogP contribution >= 0.6 is 0 Å². The average Bonchev–Trinajstić information content (AvgIpc) is 2.25. The highest BCUT2D eigenvalue weighted by atomic mass is 14.6. The van der Waals surface area contributed by atoms with Gasteiger partial charge in [-0.25, -0.2) is 0 Å². The summed E-state index contributed by atoms with van der Waals surface area (Å²) in [5.74, 6) is 0. The van der Waals surface area contributed by atoms with E-state index in [1.165, 1.54) is 0 Å². The van der Waals surface area contributed by atoms with Crippen molar-refractivity contribution in [3.05, 3.63) is 71.7 Å². The average molecular weight is 230 g/mol. The van der Waals surface area contributed by atoms with E-state index >= 15 is 0 Å². The van der Waals surface area contributed by atoms with E-state index < -0.39 is 0 Å². The van der Waals surface area contributed by atoms with E-state index in [1.807, 2.05) is 45.1 Å². The fourth-order valence-electron chi connectivity index (χ4n) is 1.29. The fraction of sp³-hybridized carbons (Fsp3) is 0.200. The van der Waals surface area contributed by atoms with Gasteiger partial charge >= 0.3 is 0 Å². The summed E-state index contributed by atoms with van der Waals surface area (Å²) in [5.41, 5.74) is 15.3.